The standard InChI is InChI=1S/C26H54N2O6.2H2/c1-5-25(4)34-15-11-9-7-6-8-10-12-26(29)28-14-17-31-19-21-33-23-22-32-20-18-30-16-13-27-24(2)3;;/h24-25,27H,5-23H2,1-4H3,(H,28,29);2*1H. The van der Waals surface area contributed by atoms with Gasteiger partial charge in [0.1, 0.15) is 0 Å². The summed E-state index contributed by atoms with van der Waals surface area (Å²) in [6.45, 7) is 15.3. The lowest BCUT2D eigenvalue weighted by Gasteiger charge is -2.10. The van der Waals surface area contributed by atoms with E-state index in [1.165, 1.54) is 19.3 Å². The van der Waals surface area contributed by atoms with Gasteiger partial charge in [-0.25, -0.2) is 0 Å². The quantitative estimate of drug-likeness (QED) is 0.165. The molecule has 0 saturated heterocycles. The molecule has 0 fully saturated rings. The maximum Gasteiger partial charge on any atom is 0.220 e. The van der Waals surface area contributed by atoms with E-state index < -0.39 is 0 Å². The van der Waals surface area contributed by atoms with Gasteiger partial charge >= 0.3 is 0 Å². The molecule has 0 aliphatic carbocycles. The van der Waals surface area contributed by atoms with Crippen LogP contribution in [0.5, 0.6) is 0 Å². The first kappa shape index (κ1) is 33.2. The van der Waals surface area contributed by atoms with Crippen LogP contribution in [0.1, 0.15) is 81.9 Å². The normalized spacial score (nSPS) is 12.4. The Morgan fingerprint density at radius 1 is 0.676 bits per heavy atom. The summed E-state index contributed by atoms with van der Waals surface area (Å²) in [4.78, 5) is 11.8. The Morgan fingerprint density at radius 2 is 1.18 bits per heavy atom. The molecule has 1 atom stereocenters. The van der Waals surface area contributed by atoms with Crippen LogP contribution in [0.25, 0.3) is 0 Å². The van der Waals surface area contributed by atoms with Crippen molar-refractivity contribution in [3.8, 4) is 0 Å². The largest absolute Gasteiger partial charge is 0.379 e. The van der Waals surface area contributed by atoms with E-state index in [9.17, 15) is 4.79 Å². The average molecular weight is 495 g/mol. The third-order valence-electron chi connectivity index (χ3n) is 5.26. The molecule has 0 radical (unpaired) electrons. The number of hydrogen-bond donors (Lipinski definition) is 2. The number of carbonyl (C=O) groups is 1. The molecule has 34 heavy (non-hydrogen) atoms. The summed E-state index contributed by atoms with van der Waals surface area (Å²) in [5.74, 6) is 0.110. The number of amides is 1. The summed E-state index contributed by atoms with van der Waals surface area (Å²) in [6.07, 6.45) is 8.87. The van der Waals surface area contributed by atoms with E-state index in [0.717, 1.165) is 38.8 Å². The Hall–Kier alpha value is -0.770. The van der Waals surface area contributed by atoms with Crippen molar-refractivity contribution < 1.29 is 31.3 Å². The predicted molar refractivity (Wildman–Crippen MR) is 142 cm³/mol. The SMILES string of the molecule is CCC(C)OCCCCCCCCC(=O)NCCOCCOCCOCCOCCNC(C)C.[HH].[HH]. The van der Waals surface area contributed by atoms with Crippen LogP contribution >= 0.6 is 0 Å². The van der Waals surface area contributed by atoms with Crippen molar-refractivity contribution in [1.82, 2.24) is 10.6 Å². The minimum absolute atomic E-state index is 0. The molecule has 0 spiro atoms. The highest BCUT2D eigenvalue weighted by Crippen LogP contribution is 2.08. The number of nitrogens with one attached hydrogen (secondary N) is 2. The van der Waals surface area contributed by atoms with E-state index in [0.29, 0.717) is 78.0 Å². The van der Waals surface area contributed by atoms with Crippen LogP contribution in [0.15, 0.2) is 0 Å². The van der Waals surface area contributed by atoms with Gasteiger partial charge in [0.2, 0.25) is 5.91 Å². The lowest BCUT2D eigenvalue weighted by atomic mass is 10.1. The summed E-state index contributed by atoms with van der Waals surface area (Å²) in [6, 6.07) is 0.486. The van der Waals surface area contributed by atoms with E-state index in [-0.39, 0.29) is 8.76 Å². The third kappa shape index (κ3) is 27.5. The van der Waals surface area contributed by atoms with Crippen LogP contribution in [0.3, 0.4) is 0 Å². The Morgan fingerprint density at radius 3 is 1.74 bits per heavy atom. The fraction of sp³-hybridized carbons (Fsp3) is 0.962. The van der Waals surface area contributed by atoms with E-state index in [4.69, 9.17) is 23.7 Å². The van der Waals surface area contributed by atoms with Crippen LogP contribution in [-0.4, -0.2) is 90.6 Å². The second-order valence-corrected chi connectivity index (χ2v) is 8.87. The maximum absolute atomic E-state index is 11.8. The second kappa shape index (κ2) is 26.8. The third-order valence-corrected chi connectivity index (χ3v) is 5.26. The van der Waals surface area contributed by atoms with Gasteiger partial charge in [0.25, 0.3) is 0 Å². The van der Waals surface area contributed by atoms with Crippen molar-refractivity contribution in [1.29, 1.82) is 0 Å². The van der Waals surface area contributed by atoms with Gasteiger partial charge in [0, 0.05) is 35.0 Å². The Labute approximate surface area is 212 Å². The lowest BCUT2D eigenvalue weighted by Crippen LogP contribution is -2.27. The lowest BCUT2D eigenvalue weighted by molar-refractivity contribution is -0.121. The topological polar surface area (TPSA) is 87.3 Å². The molecular formula is C26H58N2O6. The molecule has 0 aliphatic heterocycles. The van der Waals surface area contributed by atoms with Crippen LogP contribution in [-0.2, 0) is 28.5 Å². The first-order chi connectivity index (χ1) is 16.6. The van der Waals surface area contributed by atoms with Crippen molar-refractivity contribution in [2.75, 3.05) is 72.6 Å². The molecule has 0 rings (SSSR count). The van der Waals surface area contributed by atoms with Gasteiger partial charge in [-0.05, 0) is 26.2 Å². The maximum atomic E-state index is 11.8. The van der Waals surface area contributed by atoms with E-state index in [1.807, 2.05) is 0 Å². The van der Waals surface area contributed by atoms with Gasteiger partial charge in [-0.1, -0.05) is 46.5 Å². The molecule has 2 N–H and O–H groups in total. The minimum atomic E-state index is 0. The highest BCUT2D eigenvalue weighted by atomic mass is 16.6. The second-order valence-electron chi connectivity index (χ2n) is 8.87. The molecule has 8 nitrogen and oxygen atoms in total. The molecule has 0 bridgehead atoms. The molecule has 0 aromatic rings. The summed E-state index contributed by atoms with van der Waals surface area (Å²) in [5, 5.41) is 6.20. The molecule has 1 unspecified atom stereocenters. The monoisotopic (exact) mass is 494 g/mol. The fourth-order valence-corrected chi connectivity index (χ4v) is 3.03. The molecule has 8 heteroatoms. The van der Waals surface area contributed by atoms with E-state index >= 15 is 0 Å². The van der Waals surface area contributed by atoms with E-state index in [1.54, 1.807) is 0 Å². The first-order valence-electron chi connectivity index (χ1n) is 13.5. The summed E-state index contributed by atoms with van der Waals surface area (Å²) in [7, 11) is 0. The summed E-state index contributed by atoms with van der Waals surface area (Å²) >= 11 is 0. The van der Waals surface area contributed by atoms with Crippen molar-refractivity contribution >= 4 is 5.91 Å². The first-order valence-corrected chi connectivity index (χ1v) is 13.5. The fourth-order valence-electron chi connectivity index (χ4n) is 3.03. The molecule has 208 valence electrons. The molecular weight excluding hydrogens is 436 g/mol. The van der Waals surface area contributed by atoms with Crippen LogP contribution in [0, 0.1) is 0 Å². The highest BCUT2D eigenvalue weighted by Gasteiger charge is 2.01. The smallest absolute Gasteiger partial charge is 0.220 e. The summed E-state index contributed by atoms with van der Waals surface area (Å²) < 4.78 is 27.5. The van der Waals surface area contributed by atoms with Crippen LogP contribution < -0.4 is 10.6 Å². The molecule has 0 heterocycles. The Balaban J connectivity index is -0.00000544. The zero-order chi connectivity index (χ0) is 25.1. The molecule has 0 aromatic heterocycles. The summed E-state index contributed by atoms with van der Waals surface area (Å²) in [5.41, 5.74) is 0. The van der Waals surface area contributed by atoms with Gasteiger partial charge in [0.05, 0.1) is 59.0 Å². The Kier molecular flexibility index (Phi) is 26.2. The Bertz CT molecular complexity index is 437. The van der Waals surface area contributed by atoms with Crippen molar-refractivity contribution in [2.24, 2.45) is 0 Å². The minimum Gasteiger partial charge on any atom is -0.379 e. The van der Waals surface area contributed by atoms with Crippen molar-refractivity contribution in [3.63, 3.8) is 0 Å². The zero-order valence-electron chi connectivity index (χ0n) is 22.5. The average Bonchev–Trinajstić information content (AvgIpc) is 2.82. The number of unbranched alkanes of at least 4 members (excludes halogenated alkanes) is 5. The van der Waals surface area contributed by atoms with Gasteiger partial charge in [-0.2, -0.15) is 0 Å². The highest BCUT2D eigenvalue weighted by molar-refractivity contribution is 5.75. The van der Waals surface area contributed by atoms with Crippen LogP contribution in [0.4, 0.5) is 0 Å². The van der Waals surface area contributed by atoms with Gasteiger partial charge in [0.15, 0.2) is 0 Å². The zero-order valence-corrected chi connectivity index (χ0v) is 22.5. The number of ether oxygens (including phenoxy) is 5. The van der Waals surface area contributed by atoms with Gasteiger partial charge in [-0.3, -0.25) is 4.79 Å². The van der Waals surface area contributed by atoms with Crippen LogP contribution in [0.2, 0.25) is 0 Å². The van der Waals surface area contributed by atoms with Crippen molar-refractivity contribution in [3.05, 3.63) is 0 Å². The molecule has 0 aromatic carbocycles. The molecule has 0 aliphatic rings. The molecule has 0 saturated carbocycles. The predicted octanol–water partition coefficient (Wildman–Crippen LogP) is 4.20. The molecule has 1 amide bonds. The number of hydrogen-bond acceptors (Lipinski definition) is 7. The van der Waals surface area contributed by atoms with Crippen molar-refractivity contribution in [2.45, 2.75) is 91.2 Å². The number of rotatable bonds is 27. The van der Waals surface area contributed by atoms with Gasteiger partial charge in [-0.15, -0.1) is 0 Å². The van der Waals surface area contributed by atoms with E-state index in [2.05, 4.69) is 38.3 Å². The van der Waals surface area contributed by atoms with Gasteiger partial charge < -0.3 is 34.3 Å². The number of carbonyl (C=O) groups excluding carboxylic acids is 1.